The molecule has 1 rings (SSSR count). The molecule has 0 aliphatic rings. The molecule has 0 saturated heterocycles. The largest absolute Gasteiger partial charge is 0.341 e. The van der Waals surface area contributed by atoms with Crippen molar-refractivity contribution >= 4 is 17.6 Å². The lowest BCUT2D eigenvalue weighted by Gasteiger charge is -2.06. The molecule has 0 unspecified atom stereocenters. The number of rotatable bonds is 3. The molecule has 16 heavy (non-hydrogen) atoms. The number of hydrogen-bond donors (Lipinski definition) is 4. The highest BCUT2D eigenvalue weighted by atomic mass is 16.5. The summed E-state index contributed by atoms with van der Waals surface area (Å²) in [6.07, 6.45) is 0.0553. The molecule has 3 amide bonds. The monoisotopic (exact) mass is 223 g/mol. The standard InChI is InChI=1S/C10H13N3O3/c1-11-10(15)12-8-4-2-3-7(5-8)6-9(14)13-16/h2-5,16H,6H2,1H3,(H,13,14)(H2,11,12,15). The van der Waals surface area contributed by atoms with Crippen LogP contribution in [-0.4, -0.2) is 24.2 Å². The molecule has 0 radical (unpaired) electrons. The molecule has 0 heterocycles. The van der Waals surface area contributed by atoms with E-state index in [9.17, 15) is 9.59 Å². The topological polar surface area (TPSA) is 90.5 Å². The Morgan fingerprint density at radius 3 is 2.75 bits per heavy atom. The summed E-state index contributed by atoms with van der Waals surface area (Å²) >= 11 is 0. The van der Waals surface area contributed by atoms with E-state index in [0.29, 0.717) is 11.3 Å². The van der Waals surface area contributed by atoms with E-state index in [0.717, 1.165) is 0 Å². The Balaban J connectivity index is 2.71. The fraction of sp³-hybridized carbons (Fsp3) is 0.200. The molecule has 0 fully saturated rings. The number of urea groups is 1. The lowest BCUT2D eigenvalue weighted by molar-refractivity contribution is -0.128. The minimum absolute atomic E-state index is 0.0553. The van der Waals surface area contributed by atoms with E-state index in [1.807, 2.05) is 0 Å². The van der Waals surface area contributed by atoms with Gasteiger partial charge in [-0.2, -0.15) is 0 Å². The van der Waals surface area contributed by atoms with Crippen LogP contribution >= 0.6 is 0 Å². The molecule has 0 aliphatic heterocycles. The molecule has 0 spiro atoms. The second-order valence-corrected chi connectivity index (χ2v) is 3.12. The van der Waals surface area contributed by atoms with Crippen molar-refractivity contribution in [3.63, 3.8) is 0 Å². The number of amides is 3. The van der Waals surface area contributed by atoms with Gasteiger partial charge in [-0.3, -0.25) is 10.0 Å². The van der Waals surface area contributed by atoms with Crippen LogP contribution in [0.3, 0.4) is 0 Å². The predicted molar refractivity (Wildman–Crippen MR) is 58.2 cm³/mol. The third-order valence-electron chi connectivity index (χ3n) is 1.90. The Hall–Kier alpha value is -2.08. The first-order valence-corrected chi connectivity index (χ1v) is 4.66. The first-order valence-electron chi connectivity index (χ1n) is 4.66. The van der Waals surface area contributed by atoms with Crippen LogP contribution in [0.2, 0.25) is 0 Å². The number of anilines is 1. The molecular weight excluding hydrogens is 210 g/mol. The van der Waals surface area contributed by atoms with E-state index < -0.39 is 5.91 Å². The summed E-state index contributed by atoms with van der Waals surface area (Å²) in [5.41, 5.74) is 2.83. The fourth-order valence-corrected chi connectivity index (χ4v) is 1.18. The maximum Gasteiger partial charge on any atom is 0.318 e. The molecular formula is C10H13N3O3. The Bertz CT molecular complexity index is 359. The van der Waals surface area contributed by atoms with Gasteiger partial charge in [-0.15, -0.1) is 0 Å². The number of hydroxylamine groups is 1. The van der Waals surface area contributed by atoms with Gasteiger partial charge in [0.2, 0.25) is 5.91 Å². The Morgan fingerprint density at radius 1 is 1.38 bits per heavy atom. The Labute approximate surface area is 92.6 Å². The number of hydrogen-bond acceptors (Lipinski definition) is 3. The Morgan fingerprint density at radius 2 is 2.12 bits per heavy atom. The van der Waals surface area contributed by atoms with Crippen LogP contribution in [0.1, 0.15) is 5.56 Å². The van der Waals surface area contributed by atoms with E-state index in [4.69, 9.17) is 5.21 Å². The van der Waals surface area contributed by atoms with Gasteiger partial charge in [0.1, 0.15) is 0 Å². The predicted octanol–water partition coefficient (Wildman–Crippen LogP) is 0.486. The van der Waals surface area contributed by atoms with Crippen LogP contribution in [0.15, 0.2) is 24.3 Å². The van der Waals surface area contributed by atoms with E-state index in [1.54, 1.807) is 29.7 Å². The minimum atomic E-state index is -0.503. The molecule has 6 heteroatoms. The van der Waals surface area contributed by atoms with Gasteiger partial charge < -0.3 is 10.6 Å². The first kappa shape index (κ1) is 12.0. The highest BCUT2D eigenvalue weighted by Crippen LogP contribution is 2.10. The van der Waals surface area contributed by atoms with Crippen molar-refractivity contribution in [1.82, 2.24) is 10.8 Å². The number of benzene rings is 1. The third kappa shape index (κ3) is 3.58. The van der Waals surface area contributed by atoms with Gasteiger partial charge in [0.15, 0.2) is 0 Å². The highest BCUT2D eigenvalue weighted by Gasteiger charge is 2.03. The second-order valence-electron chi connectivity index (χ2n) is 3.12. The van der Waals surface area contributed by atoms with Crippen molar-refractivity contribution in [2.45, 2.75) is 6.42 Å². The van der Waals surface area contributed by atoms with Crippen molar-refractivity contribution < 1.29 is 14.8 Å². The summed E-state index contributed by atoms with van der Waals surface area (Å²) in [6.45, 7) is 0. The molecule has 0 atom stereocenters. The maximum absolute atomic E-state index is 11.0. The molecule has 4 N–H and O–H groups in total. The van der Waals surface area contributed by atoms with Gasteiger partial charge in [0.25, 0.3) is 0 Å². The minimum Gasteiger partial charge on any atom is -0.341 e. The average molecular weight is 223 g/mol. The smallest absolute Gasteiger partial charge is 0.318 e. The number of carbonyl (C=O) groups is 2. The number of nitrogens with one attached hydrogen (secondary N) is 3. The second kappa shape index (κ2) is 5.72. The zero-order valence-electron chi connectivity index (χ0n) is 8.78. The molecule has 1 aromatic rings. The molecule has 86 valence electrons. The SMILES string of the molecule is CNC(=O)Nc1cccc(CC(=O)NO)c1. The van der Waals surface area contributed by atoms with Crippen LogP contribution in [-0.2, 0) is 11.2 Å². The van der Waals surface area contributed by atoms with Crippen LogP contribution < -0.4 is 16.1 Å². The van der Waals surface area contributed by atoms with Gasteiger partial charge in [0.05, 0.1) is 6.42 Å². The normalized spacial score (nSPS) is 9.38. The third-order valence-corrected chi connectivity index (χ3v) is 1.90. The van der Waals surface area contributed by atoms with Crippen molar-refractivity contribution in [1.29, 1.82) is 0 Å². The summed E-state index contributed by atoms with van der Waals surface area (Å²) in [6, 6.07) is 6.47. The average Bonchev–Trinajstić information content (AvgIpc) is 2.29. The molecule has 1 aromatic carbocycles. The van der Waals surface area contributed by atoms with Gasteiger partial charge in [-0.25, -0.2) is 10.3 Å². The van der Waals surface area contributed by atoms with Crippen LogP contribution in [0.25, 0.3) is 0 Å². The highest BCUT2D eigenvalue weighted by molar-refractivity contribution is 5.89. The zero-order chi connectivity index (χ0) is 12.0. The molecule has 0 bridgehead atoms. The molecule has 6 nitrogen and oxygen atoms in total. The fourth-order valence-electron chi connectivity index (χ4n) is 1.18. The van der Waals surface area contributed by atoms with Gasteiger partial charge >= 0.3 is 6.03 Å². The van der Waals surface area contributed by atoms with Crippen LogP contribution in [0, 0.1) is 0 Å². The molecule has 0 saturated carbocycles. The number of carbonyl (C=O) groups excluding carboxylic acids is 2. The van der Waals surface area contributed by atoms with Crippen molar-refractivity contribution in [3.05, 3.63) is 29.8 Å². The van der Waals surface area contributed by atoms with Gasteiger partial charge in [0, 0.05) is 12.7 Å². The van der Waals surface area contributed by atoms with E-state index in [1.165, 1.54) is 7.05 Å². The molecule has 0 aromatic heterocycles. The first-order chi connectivity index (χ1) is 7.65. The van der Waals surface area contributed by atoms with Crippen molar-refractivity contribution in [2.75, 3.05) is 12.4 Å². The summed E-state index contributed by atoms with van der Waals surface area (Å²) in [7, 11) is 1.51. The summed E-state index contributed by atoms with van der Waals surface area (Å²) in [5, 5.41) is 13.4. The summed E-state index contributed by atoms with van der Waals surface area (Å²) in [5.74, 6) is -0.503. The zero-order valence-corrected chi connectivity index (χ0v) is 8.78. The maximum atomic E-state index is 11.0. The van der Waals surface area contributed by atoms with E-state index >= 15 is 0 Å². The van der Waals surface area contributed by atoms with E-state index in [-0.39, 0.29) is 12.5 Å². The van der Waals surface area contributed by atoms with E-state index in [2.05, 4.69) is 10.6 Å². The lowest BCUT2D eigenvalue weighted by atomic mass is 10.1. The van der Waals surface area contributed by atoms with Gasteiger partial charge in [-0.05, 0) is 17.7 Å². The van der Waals surface area contributed by atoms with Crippen molar-refractivity contribution in [2.24, 2.45) is 0 Å². The van der Waals surface area contributed by atoms with Gasteiger partial charge in [-0.1, -0.05) is 12.1 Å². The van der Waals surface area contributed by atoms with Crippen molar-refractivity contribution in [3.8, 4) is 0 Å². The van der Waals surface area contributed by atoms with Crippen LogP contribution in [0.5, 0.6) is 0 Å². The quantitative estimate of drug-likeness (QED) is 0.444. The summed E-state index contributed by atoms with van der Waals surface area (Å²) < 4.78 is 0. The summed E-state index contributed by atoms with van der Waals surface area (Å²) in [4.78, 5) is 21.9. The lowest BCUT2D eigenvalue weighted by Crippen LogP contribution is -2.24. The molecule has 0 aliphatic carbocycles. The Kier molecular flexibility index (Phi) is 4.28. The van der Waals surface area contributed by atoms with Crippen LogP contribution in [0.4, 0.5) is 10.5 Å².